The van der Waals surface area contributed by atoms with E-state index in [-0.39, 0.29) is 13.2 Å². The molecule has 0 saturated heterocycles. The largest absolute Gasteiger partial charge is 0.395 e. The molecule has 0 saturated carbocycles. The molecule has 11 heteroatoms. The van der Waals surface area contributed by atoms with Gasteiger partial charge in [-0.1, -0.05) is 0 Å². The Morgan fingerprint density at radius 2 is 1.90 bits per heavy atom. The average Bonchev–Trinajstić information content (AvgIpc) is 2.77. The number of fused-ring (bicyclic) bond motifs is 1. The molecule has 0 bridgehead atoms. The minimum absolute atomic E-state index is 0.0859. The topological polar surface area (TPSA) is 145 Å². The molecule has 2 N–H and O–H groups in total. The van der Waals surface area contributed by atoms with E-state index in [2.05, 4.69) is 4.98 Å². The third-order valence-electron chi connectivity index (χ3n) is 2.56. The molecule has 0 unspecified atom stereocenters. The molecule has 110 valence electrons. The fourth-order valence-electron chi connectivity index (χ4n) is 1.67. The fourth-order valence-corrected chi connectivity index (χ4v) is 1.67. The maximum Gasteiger partial charge on any atom is 0.332 e. The Hall–Kier alpha value is -2.69. The molecule has 0 atom stereocenters. The molecule has 0 radical (unpaired) electrons. The Labute approximate surface area is 111 Å². The summed E-state index contributed by atoms with van der Waals surface area (Å²) in [5.41, 5.74) is -0.143. The Morgan fingerprint density at radius 3 is 2.40 bits per heavy atom. The standard InChI is InChI=1S/C9H12N4O3.HNO3/c1-11-7-6(8(15)12(2)9(11)16)13(3-4-14)5-10-7;2-1(3)4/h5,14H,3-4H2,1-2H3;(H,2,3,4). The average molecular weight is 287 g/mol. The summed E-state index contributed by atoms with van der Waals surface area (Å²) < 4.78 is 3.87. The van der Waals surface area contributed by atoms with Crippen molar-refractivity contribution in [2.75, 3.05) is 6.61 Å². The number of rotatable bonds is 2. The van der Waals surface area contributed by atoms with E-state index in [0.717, 1.165) is 4.57 Å². The Bertz CT molecular complexity index is 738. The molecule has 0 fully saturated rings. The van der Waals surface area contributed by atoms with Gasteiger partial charge in [-0.25, -0.2) is 9.78 Å². The van der Waals surface area contributed by atoms with E-state index >= 15 is 0 Å². The first-order chi connectivity index (χ1) is 9.31. The van der Waals surface area contributed by atoms with Crippen LogP contribution in [-0.4, -0.2) is 40.7 Å². The maximum absolute atomic E-state index is 11.9. The van der Waals surface area contributed by atoms with Gasteiger partial charge in [-0.05, 0) is 0 Å². The first-order valence-electron chi connectivity index (χ1n) is 5.36. The predicted octanol–water partition coefficient (Wildman–Crippen LogP) is -1.92. The highest BCUT2D eigenvalue weighted by molar-refractivity contribution is 5.69. The van der Waals surface area contributed by atoms with Gasteiger partial charge in [0.1, 0.15) is 0 Å². The van der Waals surface area contributed by atoms with E-state index in [9.17, 15) is 9.59 Å². The highest BCUT2D eigenvalue weighted by Gasteiger charge is 2.13. The number of hydrogen-bond acceptors (Lipinski definition) is 6. The van der Waals surface area contributed by atoms with E-state index in [4.69, 9.17) is 20.4 Å². The second-order valence-corrected chi connectivity index (χ2v) is 3.78. The number of aromatic nitrogens is 4. The number of aliphatic hydroxyl groups is 1. The molecular weight excluding hydrogens is 274 g/mol. The lowest BCUT2D eigenvalue weighted by molar-refractivity contribution is -0.742. The van der Waals surface area contributed by atoms with Crippen molar-refractivity contribution in [3.63, 3.8) is 0 Å². The lowest BCUT2D eigenvalue weighted by Crippen LogP contribution is -2.37. The van der Waals surface area contributed by atoms with Crippen LogP contribution in [0.15, 0.2) is 15.9 Å². The minimum Gasteiger partial charge on any atom is -0.395 e. The first kappa shape index (κ1) is 15.4. The second kappa shape index (κ2) is 5.97. The van der Waals surface area contributed by atoms with Crippen LogP contribution in [0.3, 0.4) is 0 Å². The van der Waals surface area contributed by atoms with E-state index in [1.807, 2.05) is 0 Å². The van der Waals surface area contributed by atoms with Crippen LogP contribution in [0.5, 0.6) is 0 Å². The van der Waals surface area contributed by atoms with Crippen molar-refractivity contribution in [2.24, 2.45) is 14.1 Å². The van der Waals surface area contributed by atoms with E-state index in [0.29, 0.717) is 11.2 Å². The Kier molecular flexibility index (Phi) is 4.59. The molecule has 0 aliphatic rings. The zero-order valence-corrected chi connectivity index (χ0v) is 10.8. The van der Waals surface area contributed by atoms with Gasteiger partial charge in [0.25, 0.3) is 10.6 Å². The van der Waals surface area contributed by atoms with Gasteiger partial charge >= 0.3 is 5.69 Å². The summed E-state index contributed by atoms with van der Waals surface area (Å²) >= 11 is 0. The van der Waals surface area contributed by atoms with Crippen molar-refractivity contribution in [1.82, 2.24) is 18.7 Å². The number of aryl methyl sites for hydroxylation is 1. The van der Waals surface area contributed by atoms with Crippen LogP contribution in [0.25, 0.3) is 11.2 Å². The molecule has 0 spiro atoms. The molecule has 0 aliphatic carbocycles. The van der Waals surface area contributed by atoms with Crippen molar-refractivity contribution < 1.29 is 15.4 Å². The molecule has 0 aromatic carbocycles. The maximum atomic E-state index is 11.9. The molecular formula is C9H13N5O6. The van der Waals surface area contributed by atoms with Gasteiger partial charge in [-0.2, -0.15) is 0 Å². The van der Waals surface area contributed by atoms with Crippen LogP contribution >= 0.6 is 0 Å². The lowest BCUT2D eigenvalue weighted by atomic mass is 10.5. The zero-order chi connectivity index (χ0) is 15.4. The summed E-state index contributed by atoms with van der Waals surface area (Å²) in [6, 6.07) is 0. The summed E-state index contributed by atoms with van der Waals surface area (Å²) in [4.78, 5) is 35.8. The van der Waals surface area contributed by atoms with Crippen molar-refractivity contribution >= 4 is 11.2 Å². The van der Waals surface area contributed by atoms with Gasteiger partial charge in [0.2, 0.25) is 0 Å². The van der Waals surface area contributed by atoms with Crippen LogP contribution in [0, 0.1) is 10.1 Å². The SMILES string of the molecule is Cn1c(=O)c2c(ncn2CCO)n(C)c1=O.O=[N+]([O-])O. The number of imidazole rings is 1. The molecule has 2 aromatic rings. The van der Waals surface area contributed by atoms with Crippen LogP contribution in [-0.2, 0) is 20.6 Å². The van der Waals surface area contributed by atoms with Gasteiger partial charge in [-0.3, -0.25) is 13.9 Å². The van der Waals surface area contributed by atoms with Gasteiger partial charge in [0, 0.05) is 20.6 Å². The molecule has 2 aromatic heterocycles. The predicted molar refractivity (Wildman–Crippen MR) is 66.1 cm³/mol. The highest BCUT2D eigenvalue weighted by Crippen LogP contribution is 2.04. The molecule has 2 heterocycles. The summed E-state index contributed by atoms with van der Waals surface area (Å²) in [6.45, 7) is 0.196. The number of aliphatic hydroxyl groups excluding tert-OH is 1. The molecule has 11 nitrogen and oxygen atoms in total. The zero-order valence-electron chi connectivity index (χ0n) is 10.8. The van der Waals surface area contributed by atoms with Crippen molar-refractivity contribution in [2.45, 2.75) is 6.54 Å². The van der Waals surface area contributed by atoms with E-state index < -0.39 is 16.3 Å². The fraction of sp³-hybridized carbons (Fsp3) is 0.444. The van der Waals surface area contributed by atoms with Crippen molar-refractivity contribution in [3.05, 3.63) is 37.3 Å². The molecule has 20 heavy (non-hydrogen) atoms. The monoisotopic (exact) mass is 287 g/mol. The summed E-state index contributed by atoms with van der Waals surface area (Å²) in [6.07, 6.45) is 1.45. The smallest absolute Gasteiger partial charge is 0.332 e. The van der Waals surface area contributed by atoms with Crippen LogP contribution in [0.1, 0.15) is 0 Å². The Morgan fingerprint density at radius 1 is 1.35 bits per heavy atom. The molecule has 2 rings (SSSR count). The van der Waals surface area contributed by atoms with Crippen LogP contribution < -0.4 is 11.2 Å². The quantitative estimate of drug-likeness (QED) is 0.483. The first-order valence-corrected chi connectivity index (χ1v) is 5.36. The van der Waals surface area contributed by atoms with Crippen molar-refractivity contribution in [3.8, 4) is 0 Å². The van der Waals surface area contributed by atoms with Gasteiger partial charge < -0.3 is 14.9 Å². The van der Waals surface area contributed by atoms with Gasteiger partial charge in [0.15, 0.2) is 11.2 Å². The van der Waals surface area contributed by atoms with Gasteiger partial charge in [0.05, 0.1) is 12.9 Å². The summed E-state index contributed by atoms with van der Waals surface area (Å²) in [5.74, 6) is 0. The van der Waals surface area contributed by atoms with Crippen LogP contribution in [0.2, 0.25) is 0 Å². The lowest BCUT2D eigenvalue weighted by Gasteiger charge is -2.04. The summed E-state index contributed by atoms with van der Waals surface area (Å²) in [7, 11) is 2.97. The number of nitrogens with zero attached hydrogens (tertiary/aromatic N) is 5. The minimum atomic E-state index is -1.50. The third kappa shape index (κ3) is 2.83. The Balaban J connectivity index is 0.000000444. The van der Waals surface area contributed by atoms with Crippen LogP contribution in [0.4, 0.5) is 0 Å². The number of hydrogen-bond donors (Lipinski definition) is 2. The second-order valence-electron chi connectivity index (χ2n) is 3.78. The van der Waals surface area contributed by atoms with Crippen molar-refractivity contribution in [1.29, 1.82) is 0 Å². The normalized spacial score (nSPS) is 10.2. The molecule has 0 amide bonds. The third-order valence-corrected chi connectivity index (χ3v) is 2.56. The van der Waals surface area contributed by atoms with Gasteiger partial charge in [-0.15, -0.1) is 10.1 Å². The van der Waals surface area contributed by atoms with E-state index in [1.54, 1.807) is 7.05 Å². The molecule has 0 aliphatic heterocycles. The van der Waals surface area contributed by atoms with E-state index in [1.165, 1.54) is 22.5 Å². The highest BCUT2D eigenvalue weighted by atomic mass is 16.9. The summed E-state index contributed by atoms with van der Waals surface area (Å²) in [5, 5.41) is 22.5.